The maximum absolute atomic E-state index is 13.8. The molecule has 1 aliphatic heterocycles. The minimum Gasteiger partial charge on any atom is -0.489 e. The zero-order chi connectivity index (χ0) is 26.6. The van der Waals surface area contributed by atoms with Gasteiger partial charge in [0.05, 0.1) is 28.5 Å². The monoisotopic (exact) mass is 588 g/mol. The molecule has 0 unspecified atom stereocenters. The number of hydrogen-bond acceptors (Lipinski definition) is 6. The Morgan fingerprint density at radius 2 is 1.84 bits per heavy atom. The van der Waals surface area contributed by atoms with Crippen LogP contribution in [0.1, 0.15) is 36.6 Å². The third-order valence-electron chi connectivity index (χ3n) is 6.11. The Labute approximate surface area is 232 Å². The Morgan fingerprint density at radius 1 is 1.08 bits per heavy atom. The molecular weight excluding hydrogens is 564 g/mol. The zero-order valence-corrected chi connectivity index (χ0v) is 23.3. The molecule has 4 aromatic rings. The lowest BCUT2D eigenvalue weighted by molar-refractivity contribution is -0.139. The summed E-state index contributed by atoms with van der Waals surface area (Å²) in [5, 5.41) is 0. The van der Waals surface area contributed by atoms with Crippen molar-refractivity contribution in [2.45, 2.75) is 26.5 Å². The van der Waals surface area contributed by atoms with Crippen molar-refractivity contribution in [2.75, 3.05) is 6.61 Å². The van der Waals surface area contributed by atoms with Gasteiger partial charge in [-0.25, -0.2) is 9.79 Å². The predicted molar refractivity (Wildman–Crippen MR) is 152 cm³/mol. The summed E-state index contributed by atoms with van der Waals surface area (Å²) in [6, 6.07) is 24.5. The van der Waals surface area contributed by atoms with E-state index in [1.54, 1.807) is 18.4 Å². The van der Waals surface area contributed by atoms with Crippen molar-refractivity contribution in [1.29, 1.82) is 0 Å². The van der Waals surface area contributed by atoms with Crippen molar-refractivity contribution >= 4 is 39.3 Å². The molecule has 3 aromatic carbocycles. The van der Waals surface area contributed by atoms with Crippen LogP contribution in [0, 0.1) is 0 Å². The van der Waals surface area contributed by atoms with E-state index in [4.69, 9.17) is 9.47 Å². The zero-order valence-electron chi connectivity index (χ0n) is 20.9. The third-order valence-corrected chi connectivity index (χ3v) is 7.62. The number of ether oxygens (including phenoxy) is 2. The molecule has 6 nitrogen and oxygen atoms in total. The fourth-order valence-corrected chi connectivity index (χ4v) is 5.65. The van der Waals surface area contributed by atoms with Crippen molar-refractivity contribution in [3.63, 3.8) is 0 Å². The number of thiazole rings is 1. The van der Waals surface area contributed by atoms with E-state index in [1.165, 1.54) is 11.3 Å². The number of rotatable bonds is 7. The average molecular weight is 590 g/mol. The summed E-state index contributed by atoms with van der Waals surface area (Å²) in [7, 11) is 0. The first-order chi connectivity index (χ1) is 18.4. The number of allylic oxidation sites excluding steroid dienone is 1. The van der Waals surface area contributed by atoms with Gasteiger partial charge in [-0.15, -0.1) is 0 Å². The van der Waals surface area contributed by atoms with Crippen LogP contribution >= 0.6 is 27.3 Å². The van der Waals surface area contributed by atoms with Gasteiger partial charge >= 0.3 is 5.97 Å². The van der Waals surface area contributed by atoms with Crippen LogP contribution in [0.3, 0.4) is 0 Å². The Hall–Kier alpha value is -3.75. The lowest BCUT2D eigenvalue weighted by atomic mass is 9.96. The van der Waals surface area contributed by atoms with E-state index in [-0.39, 0.29) is 12.2 Å². The summed E-state index contributed by atoms with van der Waals surface area (Å²) >= 11 is 4.76. The summed E-state index contributed by atoms with van der Waals surface area (Å²) in [5.41, 5.74) is 3.40. The highest BCUT2D eigenvalue weighted by Crippen LogP contribution is 2.31. The highest BCUT2D eigenvalue weighted by molar-refractivity contribution is 9.10. The second-order valence-corrected chi connectivity index (χ2v) is 10.6. The standard InChI is InChI=1S/C30H25BrN2O4S/c1-3-36-29(35)26-19(2)32-30-33(27(26)22-12-14-23(31)15-13-22)28(34)25(38-30)17-21-10-7-11-24(16-21)37-18-20-8-5-4-6-9-20/h4-17,27H,3,18H2,1-2H3/b25-17+/t27-/m0/s1. The van der Waals surface area contributed by atoms with Gasteiger partial charge in [0.15, 0.2) is 4.80 Å². The Kier molecular flexibility index (Phi) is 7.72. The largest absolute Gasteiger partial charge is 0.489 e. The number of nitrogens with zero attached hydrogens (tertiary/aromatic N) is 2. The summed E-state index contributed by atoms with van der Waals surface area (Å²) < 4.78 is 14.3. The highest BCUT2D eigenvalue weighted by atomic mass is 79.9. The van der Waals surface area contributed by atoms with Crippen LogP contribution in [0.25, 0.3) is 6.08 Å². The molecule has 0 saturated heterocycles. The van der Waals surface area contributed by atoms with Crippen LogP contribution in [-0.2, 0) is 16.1 Å². The van der Waals surface area contributed by atoms with Gasteiger partial charge in [0, 0.05) is 4.47 Å². The van der Waals surface area contributed by atoms with Crippen LogP contribution < -0.4 is 19.6 Å². The SMILES string of the molecule is CCOC(=O)C1=C(C)N=c2s/c(=C/c3cccc(OCc4ccccc4)c3)c(=O)n2[C@H]1c1ccc(Br)cc1. The molecule has 0 saturated carbocycles. The molecule has 0 aliphatic carbocycles. The van der Waals surface area contributed by atoms with Crippen molar-refractivity contribution in [1.82, 2.24) is 4.57 Å². The normalized spacial score (nSPS) is 15.1. The van der Waals surface area contributed by atoms with Gasteiger partial charge in [-0.3, -0.25) is 9.36 Å². The molecule has 1 aliphatic rings. The fourth-order valence-electron chi connectivity index (χ4n) is 4.34. The number of esters is 1. The third kappa shape index (κ3) is 5.42. The van der Waals surface area contributed by atoms with Gasteiger partial charge in [0.2, 0.25) is 0 Å². The molecule has 1 atom stereocenters. The summed E-state index contributed by atoms with van der Waals surface area (Å²) in [4.78, 5) is 31.9. The molecule has 2 heterocycles. The van der Waals surface area contributed by atoms with Crippen LogP contribution in [0.2, 0.25) is 0 Å². The smallest absolute Gasteiger partial charge is 0.338 e. The van der Waals surface area contributed by atoms with E-state index in [1.807, 2.05) is 84.9 Å². The van der Waals surface area contributed by atoms with E-state index >= 15 is 0 Å². The van der Waals surface area contributed by atoms with Crippen LogP contribution in [0.15, 0.2) is 104 Å². The molecule has 0 N–H and O–H groups in total. The van der Waals surface area contributed by atoms with Gasteiger partial charge in [-0.1, -0.05) is 81.9 Å². The maximum atomic E-state index is 13.8. The number of halogens is 1. The van der Waals surface area contributed by atoms with E-state index < -0.39 is 12.0 Å². The first-order valence-corrected chi connectivity index (χ1v) is 13.8. The Balaban J connectivity index is 1.55. The molecule has 0 spiro atoms. The van der Waals surface area contributed by atoms with E-state index in [0.717, 1.165) is 21.2 Å². The molecule has 8 heteroatoms. The van der Waals surface area contributed by atoms with Crippen molar-refractivity contribution in [2.24, 2.45) is 4.99 Å². The minimum absolute atomic E-state index is 0.216. The first-order valence-electron chi connectivity index (χ1n) is 12.2. The number of carbonyl (C=O) groups excluding carboxylic acids is 1. The number of benzene rings is 3. The quantitative estimate of drug-likeness (QED) is 0.280. The van der Waals surface area contributed by atoms with Crippen LogP contribution in [0.4, 0.5) is 0 Å². The lowest BCUT2D eigenvalue weighted by Crippen LogP contribution is -2.39. The van der Waals surface area contributed by atoms with Crippen molar-refractivity contribution in [3.05, 3.63) is 131 Å². The summed E-state index contributed by atoms with van der Waals surface area (Å²) in [6.45, 7) is 4.23. The topological polar surface area (TPSA) is 69.9 Å². The second kappa shape index (κ2) is 11.3. The van der Waals surface area contributed by atoms with E-state index in [2.05, 4.69) is 20.9 Å². The van der Waals surface area contributed by atoms with Crippen LogP contribution in [0.5, 0.6) is 5.75 Å². The van der Waals surface area contributed by atoms with Gasteiger partial charge in [-0.2, -0.15) is 0 Å². The average Bonchev–Trinajstić information content (AvgIpc) is 3.22. The van der Waals surface area contributed by atoms with Gasteiger partial charge in [-0.05, 0) is 60.9 Å². The first kappa shape index (κ1) is 25.9. The summed E-state index contributed by atoms with van der Waals surface area (Å²) in [5.74, 6) is 0.239. The number of hydrogen-bond donors (Lipinski definition) is 0. The number of carbonyl (C=O) groups is 1. The Morgan fingerprint density at radius 3 is 2.58 bits per heavy atom. The highest BCUT2D eigenvalue weighted by Gasteiger charge is 2.33. The van der Waals surface area contributed by atoms with Gasteiger partial charge < -0.3 is 9.47 Å². The molecule has 5 rings (SSSR count). The minimum atomic E-state index is -0.638. The molecule has 0 fully saturated rings. The molecule has 192 valence electrons. The molecule has 0 amide bonds. The number of aromatic nitrogens is 1. The van der Waals surface area contributed by atoms with Gasteiger partial charge in [0.1, 0.15) is 12.4 Å². The second-order valence-electron chi connectivity index (χ2n) is 8.70. The van der Waals surface area contributed by atoms with Crippen LogP contribution in [-0.4, -0.2) is 17.1 Å². The molecule has 1 aromatic heterocycles. The maximum Gasteiger partial charge on any atom is 0.338 e. The lowest BCUT2D eigenvalue weighted by Gasteiger charge is -2.24. The Bertz CT molecular complexity index is 1690. The molecule has 38 heavy (non-hydrogen) atoms. The number of fused-ring (bicyclic) bond motifs is 1. The van der Waals surface area contributed by atoms with Gasteiger partial charge in [0.25, 0.3) is 5.56 Å². The molecule has 0 radical (unpaired) electrons. The molecular formula is C30H25BrN2O4S. The van der Waals surface area contributed by atoms with E-state index in [9.17, 15) is 9.59 Å². The van der Waals surface area contributed by atoms with Crippen molar-refractivity contribution in [3.8, 4) is 5.75 Å². The van der Waals surface area contributed by atoms with E-state index in [0.29, 0.717) is 33.0 Å². The fraction of sp³-hybridized carbons (Fsp3) is 0.167. The van der Waals surface area contributed by atoms with Crippen molar-refractivity contribution < 1.29 is 14.3 Å². The predicted octanol–water partition coefficient (Wildman–Crippen LogP) is 5.14. The summed E-state index contributed by atoms with van der Waals surface area (Å²) in [6.07, 6.45) is 1.83. The molecule has 0 bridgehead atoms.